The highest BCUT2D eigenvalue weighted by atomic mass is 32.1. The molecule has 0 radical (unpaired) electrons. The average Bonchev–Trinajstić information content (AvgIpc) is 3.19. The van der Waals surface area contributed by atoms with E-state index < -0.39 is 0 Å². The minimum absolute atomic E-state index is 0.0345. The highest BCUT2D eigenvalue weighted by molar-refractivity contribution is 7.20. The Bertz CT molecular complexity index is 758. The molecule has 7 nitrogen and oxygen atoms in total. The summed E-state index contributed by atoms with van der Waals surface area (Å²) in [5.41, 5.74) is 13.4. The highest BCUT2D eigenvalue weighted by Crippen LogP contribution is 2.23. The highest BCUT2D eigenvalue weighted by Gasteiger charge is 2.23. The molecule has 0 aliphatic carbocycles. The molecule has 0 saturated heterocycles. The Morgan fingerprint density at radius 1 is 1.30 bits per heavy atom. The number of allylic oxidation sites excluding steroid dienone is 1. The first-order chi connectivity index (χ1) is 14.5. The van der Waals surface area contributed by atoms with Gasteiger partial charge in [0, 0.05) is 18.3 Å². The molecule has 6 N–H and O–H groups in total. The number of hydrogen-bond acceptors (Lipinski definition) is 8. The third-order valence-corrected chi connectivity index (χ3v) is 5.47. The van der Waals surface area contributed by atoms with Crippen molar-refractivity contribution in [3.8, 4) is 0 Å². The summed E-state index contributed by atoms with van der Waals surface area (Å²) in [4.78, 5) is 25.7. The molecule has 0 fully saturated rings. The maximum absolute atomic E-state index is 13.2. The van der Waals surface area contributed by atoms with Crippen LogP contribution in [0.2, 0.25) is 0 Å². The van der Waals surface area contributed by atoms with Crippen LogP contribution in [0, 0.1) is 0 Å². The molecule has 2 rings (SSSR count). The molecule has 30 heavy (non-hydrogen) atoms. The van der Waals surface area contributed by atoms with Crippen molar-refractivity contribution in [1.82, 2.24) is 15.6 Å². The predicted octanol–water partition coefficient (Wildman–Crippen LogP) is 2.61. The normalized spacial score (nSPS) is 13.4. The fraction of sp³-hybridized carbons (Fsp3) is 0.500. The Morgan fingerprint density at radius 2 is 2.03 bits per heavy atom. The monoisotopic (exact) mass is 433 g/mol. The van der Waals surface area contributed by atoms with E-state index in [1.807, 2.05) is 38.0 Å². The first-order valence-electron chi connectivity index (χ1n) is 10.4. The van der Waals surface area contributed by atoms with E-state index in [0.29, 0.717) is 24.5 Å². The van der Waals surface area contributed by atoms with Crippen LogP contribution in [0.25, 0.3) is 10.2 Å². The number of nitrogens with two attached hydrogens (primary N) is 2. The smallest absolute Gasteiger partial charge is 0.213 e. The minimum atomic E-state index is -0.322. The number of thiazole rings is 1. The quantitative estimate of drug-likeness (QED) is 0.283. The molecule has 1 heterocycles. The third-order valence-electron chi connectivity index (χ3n) is 4.42. The second kappa shape index (κ2) is 14.8. The lowest BCUT2D eigenvalue weighted by molar-refractivity contribution is -0.0980. The van der Waals surface area contributed by atoms with E-state index in [1.54, 1.807) is 0 Å². The van der Waals surface area contributed by atoms with Gasteiger partial charge in [0.15, 0.2) is 5.01 Å². The summed E-state index contributed by atoms with van der Waals surface area (Å²) in [5, 5.41) is 7.41. The first kappa shape index (κ1) is 25.9. The second-order valence-electron chi connectivity index (χ2n) is 7.06. The fourth-order valence-corrected chi connectivity index (χ4v) is 3.88. The van der Waals surface area contributed by atoms with Gasteiger partial charge < -0.3 is 26.9 Å². The summed E-state index contributed by atoms with van der Waals surface area (Å²) in [5.74, 6) is 0.0345. The largest absolute Gasteiger partial charge is 0.377 e. The van der Waals surface area contributed by atoms with E-state index in [4.69, 9.17) is 16.3 Å². The number of benzene rings is 1. The molecule has 0 unspecified atom stereocenters. The van der Waals surface area contributed by atoms with Crippen LogP contribution < -0.4 is 22.1 Å². The molecule has 1 aromatic carbocycles. The number of hydrogen-bond donors (Lipinski definition) is 4. The van der Waals surface area contributed by atoms with Gasteiger partial charge in [-0.1, -0.05) is 25.1 Å². The molecule has 1 aromatic heterocycles. The van der Waals surface area contributed by atoms with Gasteiger partial charge in [-0.2, -0.15) is 0 Å². The second-order valence-corrected chi connectivity index (χ2v) is 8.09. The topological polar surface area (TPSA) is 123 Å². The molecule has 0 spiro atoms. The zero-order valence-corrected chi connectivity index (χ0v) is 18.8. The Hall–Kier alpha value is -2.13. The molecule has 2 atom stereocenters. The lowest BCUT2D eigenvalue weighted by Gasteiger charge is -2.21. The summed E-state index contributed by atoms with van der Waals surface area (Å²) < 4.78 is 1.03. The van der Waals surface area contributed by atoms with Crippen LogP contribution >= 0.6 is 11.3 Å². The number of aromatic nitrogens is 1. The number of carbonyl (C=O) groups is 2. The van der Waals surface area contributed by atoms with E-state index in [9.17, 15) is 4.79 Å². The van der Waals surface area contributed by atoms with Crippen LogP contribution in [0.1, 0.15) is 49.3 Å². The SMILES string of the molecule is C=O.CC/C=C(\CNCC[C@@H](C)N)N[C@@H](CCCN)C(=O)c1nc2ccccc2s1. The van der Waals surface area contributed by atoms with Gasteiger partial charge in [0.05, 0.1) is 16.3 Å². The summed E-state index contributed by atoms with van der Waals surface area (Å²) in [6.45, 7) is 8.19. The van der Waals surface area contributed by atoms with E-state index in [-0.39, 0.29) is 17.9 Å². The van der Waals surface area contributed by atoms with E-state index in [1.165, 1.54) is 11.3 Å². The van der Waals surface area contributed by atoms with E-state index in [0.717, 1.165) is 41.7 Å². The molecule has 2 aromatic rings. The number of fused-ring (bicyclic) bond motifs is 1. The van der Waals surface area contributed by atoms with Crippen LogP contribution in [-0.2, 0) is 4.79 Å². The molecule has 8 heteroatoms. The zero-order chi connectivity index (χ0) is 22.4. The number of nitrogens with zero attached hydrogens (tertiary/aromatic N) is 1. The van der Waals surface area contributed by atoms with Crippen molar-refractivity contribution in [1.29, 1.82) is 0 Å². The van der Waals surface area contributed by atoms with Crippen LogP contribution in [0.4, 0.5) is 0 Å². The molecular weight excluding hydrogens is 398 g/mol. The molecule has 0 amide bonds. The van der Waals surface area contributed by atoms with Gasteiger partial charge in [-0.25, -0.2) is 4.98 Å². The number of ketones is 1. The van der Waals surface area contributed by atoms with Gasteiger partial charge in [-0.15, -0.1) is 11.3 Å². The van der Waals surface area contributed by atoms with Crippen molar-refractivity contribution in [2.24, 2.45) is 11.5 Å². The summed E-state index contributed by atoms with van der Waals surface area (Å²) in [7, 11) is 0. The number of para-hydroxylation sites is 1. The van der Waals surface area contributed by atoms with Gasteiger partial charge in [0.1, 0.15) is 6.79 Å². The fourth-order valence-electron chi connectivity index (χ4n) is 2.92. The molecule has 0 bridgehead atoms. The van der Waals surface area contributed by atoms with Crippen LogP contribution in [0.5, 0.6) is 0 Å². The van der Waals surface area contributed by atoms with Crippen molar-refractivity contribution >= 4 is 34.1 Å². The molecule has 0 aliphatic rings. The first-order valence-corrected chi connectivity index (χ1v) is 11.2. The van der Waals surface area contributed by atoms with Crippen molar-refractivity contribution in [3.05, 3.63) is 41.0 Å². The van der Waals surface area contributed by atoms with Gasteiger partial charge in [0.2, 0.25) is 5.78 Å². The lowest BCUT2D eigenvalue weighted by Crippen LogP contribution is -2.39. The van der Waals surface area contributed by atoms with Gasteiger partial charge in [-0.3, -0.25) is 4.79 Å². The van der Waals surface area contributed by atoms with Crippen molar-refractivity contribution in [3.63, 3.8) is 0 Å². The van der Waals surface area contributed by atoms with Crippen LogP contribution in [-0.4, -0.2) is 49.3 Å². The maximum Gasteiger partial charge on any atom is 0.213 e. The Balaban J connectivity index is 0.00000218. The van der Waals surface area contributed by atoms with Gasteiger partial charge >= 0.3 is 0 Å². The summed E-state index contributed by atoms with van der Waals surface area (Å²) in [6.07, 6.45) is 5.41. The summed E-state index contributed by atoms with van der Waals surface area (Å²) in [6, 6.07) is 7.70. The van der Waals surface area contributed by atoms with E-state index in [2.05, 4.69) is 28.6 Å². The standard InChI is InChI=1S/C21H33N5OS.CH2O/c1-3-7-16(14-24-13-11-15(2)23)25-18(9-6-12-22)20(27)21-26-17-8-4-5-10-19(17)28-21;1-2/h4-5,7-8,10,15,18,24-25H,3,6,9,11-14,22-23H2,1-2H3;1H2/b16-7+;/t15-,18+;/m1./s1. The third kappa shape index (κ3) is 8.71. The number of nitrogens with one attached hydrogen (secondary N) is 2. The minimum Gasteiger partial charge on any atom is -0.377 e. The molecule has 0 saturated carbocycles. The zero-order valence-electron chi connectivity index (χ0n) is 18.0. The van der Waals surface area contributed by atoms with Crippen molar-refractivity contribution in [2.75, 3.05) is 19.6 Å². The lowest BCUT2D eigenvalue weighted by atomic mass is 10.1. The van der Waals surface area contributed by atoms with E-state index >= 15 is 0 Å². The number of rotatable bonds is 13. The maximum atomic E-state index is 13.2. The summed E-state index contributed by atoms with van der Waals surface area (Å²) >= 11 is 1.45. The molecular formula is C22H35N5O2S. The average molecular weight is 434 g/mol. The Kier molecular flexibility index (Phi) is 12.8. The number of Topliss-reactive ketones (excluding diaryl/α,β-unsaturated/α-hetero) is 1. The van der Waals surface area contributed by atoms with Gasteiger partial charge in [0.25, 0.3) is 0 Å². The Labute approximate surface area is 183 Å². The van der Waals surface area contributed by atoms with Crippen LogP contribution in [0.3, 0.4) is 0 Å². The van der Waals surface area contributed by atoms with Crippen LogP contribution in [0.15, 0.2) is 36.0 Å². The van der Waals surface area contributed by atoms with Crippen molar-refractivity contribution < 1.29 is 9.59 Å². The Morgan fingerprint density at radius 3 is 2.67 bits per heavy atom. The molecule has 0 aliphatic heterocycles. The molecule has 166 valence electrons. The number of carbonyl (C=O) groups excluding carboxylic acids is 2. The predicted molar refractivity (Wildman–Crippen MR) is 126 cm³/mol. The van der Waals surface area contributed by atoms with Crippen molar-refractivity contribution in [2.45, 2.75) is 51.6 Å². The van der Waals surface area contributed by atoms with Gasteiger partial charge in [-0.05, 0) is 57.8 Å².